The number of carbonyl (C=O) groups is 1. The maximum absolute atomic E-state index is 13.0. The molecule has 1 aromatic heterocycles. The van der Waals surface area contributed by atoms with Crippen molar-refractivity contribution >= 4 is 5.97 Å². The highest BCUT2D eigenvalue weighted by Crippen LogP contribution is 2.37. The van der Waals surface area contributed by atoms with E-state index < -0.39 is 24.3 Å². The summed E-state index contributed by atoms with van der Waals surface area (Å²) >= 11 is 0. The molecule has 0 fully saturated rings. The molecule has 0 radical (unpaired) electrons. The molecule has 1 aromatic carbocycles. The van der Waals surface area contributed by atoms with E-state index in [0.717, 1.165) is 6.20 Å². The number of hydrogen-bond acceptors (Lipinski definition) is 2. The standard InChI is InChI=1S/C14H10F3NO2/c15-14(16,17)13-12(9-4-2-1-3-5-9)10(6-7-18-13)8-11(19)20/h1-7H,8H2,(H,19,20). The lowest BCUT2D eigenvalue weighted by atomic mass is 9.96. The van der Waals surface area contributed by atoms with Crippen LogP contribution in [-0.2, 0) is 17.4 Å². The van der Waals surface area contributed by atoms with Crippen molar-refractivity contribution in [2.24, 2.45) is 0 Å². The predicted octanol–water partition coefficient (Wildman–Crippen LogP) is 3.39. The van der Waals surface area contributed by atoms with Crippen LogP contribution in [0.3, 0.4) is 0 Å². The second-order valence-corrected chi connectivity index (χ2v) is 4.13. The molecule has 1 heterocycles. The van der Waals surface area contributed by atoms with Crippen molar-refractivity contribution in [1.82, 2.24) is 4.98 Å². The minimum absolute atomic E-state index is 0.0889. The molecule has 0 aliphatic rings. The molecule has 2 rings (SSSR count). The Morgan fingerprint density at radius 2 is 1.80 bits per heavy atom. The number of nitrogens with zero attached hydrogens (tertiary/aromatic N) is 1. The molecule has 0 aliphatic heterocycles. The summed E-state index contributed by atoms with van der Waals surface area (Å²) in [6, 6.07) is 9.14. The van der Waals surface area contributed by atoms with Gasteiger partial charge in [-0.15, -0.1) is 0 Å². The fraction of sp³-hybridized carbons (Fsp3) is 0.143. The molecule has 104 valence electrons. The van der Waals surface area contributed by atoms with Crippen molar-refractivity contribution in [2.75, 3.05) is 0 Å². The first kappa shape index (κ1) is 14.0. The summed E-state index contributed by atoms with van der Waals surface area (Å²) in [5.74, 6) is -1.19. The molecule has 0 atom stereocenters. The van der Waals surface area contributed by atoms with Crippen LogP contribution in [0.4, 0.5) is 13.2 Å². The Morgan fingerprint density at radius 3 is 2.35 bits per heavy atom. The molecular weight excluding hydrogens is 271 g/mol. The fourth-order valence-electron chi connectivity index (χ4n) is 1.95. The number of benzene rings is 1. The van der Waals surface area contributed by atoms with Crippen LogP contribution in [0.25, 0.3) is 11.1 Å². The molecule has 0 amide bonds. The van der Waals surface area contributed by atoms with Gasteiger partial charge in [0.25, 0.3) is 0 Å². The number of carboxylic acid groups (broad SMARTS) is 1. The molecule has 0 unspecified atom stereocenters. The highest BCUT2D eigenvalue weighted by molar-refractivity contribution is 5.77. The van der Waals surface area contributed by atoms with Crippen molar-refractivity contribution in [1.29, 1.82) is 0 Å². The van der Waals surface area contributed by atoms with E-state index in [9.17, 15) is 18.0 Å². The first-order valence-corrected chi connectivity index (χ1v) is 5.72. The average molecular weight is 281 g/mol. The number of rotatable bonds is 3. The van der Waals surface area contributed by atoms with E-state index in [-0.39, 0.29) is 11.1 Å². The van der Waals surface area contributed by atoms with E-state index in [2.05, 4.69) is 4.98 Å². The molecule has 0 saturated carbocycles. The lowest BCUT2D eigenvalue weighted by Crippen LogP contribution is -2.13. The van der Waals surface area contributed by atoms with Gasteiger partial charge >= 0.3 is 12.1 Å². The first-order valence-electron chi connectivity index (χ1n) is 5.72. The Morgan fingerprint density at radius 1 is 1.15 bits per heavy atom. The summed E-state index contributed by atoms with van der Waals surface area (Å²) in [6.45, 7) is 0. The van der Waals surface area contributed by atoms with Gasteiger partial charge < -0.3 is 5.11 Å². The Kier molecular flexibility index (Phi) is 3.74. The summed E-state index contributed by atoms with van der Waals surface area (Å²) in [6.07, 6.45) is -4.15. The summed E-state index contributed by atoms with van der Waals surface area (Å²) in [4.78, 5) is 14.2. The highest BCUT2D eigenvalue weighted by Gasteiger charge is 2.36. The second kappa shape index (κ2) is 5.32. The largest absolute Gasteiger partial charge is 0.481 e. The van der Waals surface area contributed by atoms with Crippen molar-refractivity contribution in [2.45, 2.75) is 12.6 Å². The summed E-state index contributed by atoms with van der Waals surface area (Å²) in [5, 5.41) is 8.83. The summed E-state index contributed by atoms with van der Waals surface area (Å²) < 4.78 is 39.1. The van der Waals surface area contributed by atoms with Gasteiger partial charge in [0.05, 0.1) is 6.42 Å². The van der Waals surface area contributed by atoms with Crippen LogP contribution in [0.15, 0.2) is 42.6 Å². The number of aromatic nitrogens is 1. The minimum Gasteiger partial charge on any atom is -0.481 e. The Hall–Kier alpha value is -2.37. The van der Waals surface area contributed by atoms with Gasteiger partial charge in [-0.2, -0.15) is 13.2 Å². The molecule has 6 heteroatoms. The maximum Gasteiger partial charge on any atom is 0.433 e. The van der Waals surface area contributed by atoms with Crippen LogP contribution in [-0.4, -0.2) is 16.1 Å². The van der Waals surface area contributed by atoms with Crippen LogP contribution in [0.2, 0.25) is 0 Å². The smallest absolute Gasteiger partial charge is 0.433 e. The van der Waals surface area contributed by atoms with Gasteiger partial charge in [-0.1, -0.05) is 30.3 Å². The van der Waals surface area contributed by atoms with Gasteiger partial charge in [0, 0.05) is 11.8 Å². The quantitative estimate of drug-likeness (QED) is 0.938. The molecule has 1 N–H and O–H groups in total. The topological polar surface area (TPSA) is 50.2 Å². The maximum atomic E-state index is 13.0. The normalized spacial score (nSPS) is 11.3. The van der Waals surface area contributed by atoms with Gasteiger partial charge in [-0.25, -0.2) is 0 Å². The first-order chi connectivity index (χ1) is 9.39. The molecule has 0 bridgehead atoms. The third kappa shape index (κ3) is 2.96. The van der Waals surface area contributed by atoms with Gasteiger partial charge in [0.2, 0.25) is 0 Å². The Labute approximate surface area is 112 Å². The number of pyridine rings is 1. The van der Waals surface area contributed by atoms with E-state index in [1.165, 1.54) is 18.2 Å². The predicted molar refractivity (Wildman–Crippen MR) is 66.0 cm³/mol. The highest BCUT2D eigenvalue weighted by atomic mass is 19.4. The van der Waals surface area contributed by atoms with E-state index in [0.29, 0.717) is 5.56 Å². The second-order valence-electron chi connectivity index (χ2n) is 4.13. The SMILES string of the molecule is O=C(O)Cc1ccnc(C(F)(F)F)c1-c1ccccc1. The van der Waals surface area contributed by atoms with Gasteiger partial charge in [0.15, 0.2) is 5.69 Å². The Balaban J connectivity index is 2.69. The van der Waals surface area contributed by atoms with Crippen LogP contribution >= 0.6 is 0 Å². The minimum atomic E-state index is -4.64. The van der Waals surface area contributed by atoms with Crippen molar-refractivity contribution < 1.29 is 23.1 Å². The fourth-order valence-corrected chi connectivity index (χ4v) is 1.95. The van der Waals surface area contributed by atoms with Crippen LogP contribution in [0.1, 0.15) is 11.3 Å². The van der Waals surface area contributed by atoms with Gasteiger partial charge in [-0.05, 0) is 17.2 Å². The zero-order chi connectivity index (χ0) is 14.8. The molecular formula is C14H10F3NO2. The zero-order valence-corrected chi connectivity index (χ0v) is 10.2. The third-order valence-corrected chi connectivity index (χ3v) is 2.71. The van der Waals surface area contributed by atoms with Gasteiger partial charge in [-0.3, -0.25) is 9.78 Å². The number of halogens is 3. The summed E-state index contributed by atoms with van der Waals surface area (Å²) in [7, 11) is 0. The molecule has 0 aliphatic carbocycles. The number of aliphatic carboxylic acids is 1. The average Bonchev–Trinajstić information content (AvgIpc) is 2.38. The van der Waals surface area contributed by atoms with Crippen LogP contribution < -0.4 is 0 Å². The molecule has 2 aromatic rings. The summed E-state index contributed by atoms with van der Waals surface area (Å²) in [5.41, 5.74) is -0.861. The van der Waals surface area contributed by atoms with E-state index in [4.69, 9.17) is 5.11 Å². The van der Waals surface area contributed by atoms with Crippen molar-refractivity contribution in [3.8, 4) is 11.1 Å². The lowest BCUT2D eigenvalue weighted by Gasteiger charge is -2.15. The number of hydrogen-bond donors (Lipinski definition) is 1. The van der Waals surface area contributed by atoms with Crippen molar-refractivity contribution in [3.05, 3.63) is 53.9 Å². The van der Waals surface area contributed by atoms with E-state index in [1.54, 1.807) is 18.2 Å². The van der Waals surface area contributed by atoms with Gasteiger partial charge in [0.1, 0.15) is 0 Å². The molecule has 0 spiro atoms. The van der Waals surface area contributed by atoms with Crippen LogP contribution in [0.5, 0.6) is 0 Å². The lowest BCUT2D eigenvalue weighted by molar-refractivity contribution is -0.141. The molecule has 0 saturated heterocycles. The monoisotopic (exact) mass is 281 g/mol. The van der Waals surface area contributed by atoms with Crippen LogP contribution in [0, 0.1) is 0 Å². The number of alkyl halides is 3. The number of carboxylic acids is 1. The van der Waals surface area contributed by atoms with E-state index in [1.807, 2.05) is 0 Å². The van der Waals surface area contributed by atoms with Crippen molar-refractivity contribution in [3.63, 3.8) is 0 Å². The molecule has 20 heavy (non-hydrogen) atoms. The van der Waals surface area contributed by atoms with E-state index >= 15 is 0 Å². The Bertz CT molecular complexity index is 624. The molecule has 3 nitrogen and oxygen atoms in total. The third-order valence-electron chi connectivity index (χ3n) is 2.71. The zero-order valence-electron chi connectivity index (χ0n) is 10.2.